The molecule has 1 unspecified atom stereocenters. The lowest BCUT2D eigenvalue weighted by Crippen LogP contribution is -2.40. The van der Waals surface area contributed by atoms with Crippen molar-refractivity contribution in [3.8, 4) is 0 Å². The van der Waals surface area contributed by atoms with Crippen molar-refractivity contribution in [2.45, 2.75) is 69.9 Å². The van der Waals surface area contributed by atoms with E-state index in [4.69, 9.17) is 4.52 Å². The van der Waals surface area contributed by atoms with E-state index in [2.05, 4.69) is 10.5 Å². The van der Waals surface area contributed by atoms with Crippen LogP contribution in [0.25, 0.3) is 0 Å². The van der Waals surface area contributed by atoms with Gasteiger partial charge in [-0.15, -0.1) is 11.8 Å². The number of nitrogens with one attached hydrogen (secondary N) is 1. The lowest BCUT2D eigenvalue weighted by atomic mass is 9.95. The highest BCUT2D eigenvalue weighted by Gasteiger charge is 2.20. The molecule has 0 aromatic carbocycles. The minimum atomic E-state index is -0.0365. The third-order valence-corrected chi connectivity index (χ3v) is 5.15. The van der Waals surface area contributed by atoms with Crippen LogP contribution < -0.4 is 5.32 Å². The smallest absolute Gasteiger partial charge is 0.233 e. The molecule has 1 aromatic heterocycles. The number of rotatable bonds is 5. The van der Waals surface area contributed by atoms with Crippen LogP contribution in [-0.4, -0.2) is 22.4 Å². The van der Waals surface area contributed by atoms with E-state index >= 15 is 0 Å². The first-order chi connectivity index (χ1) is 9.58. The van der Waals surface area contributed by atoms with E-state index in [1.165, 1.54) is 19.3 Å². The number of amides is 1. The maximum Gasteiger partial charge on any atom is 0.233 e. The van der Waals surface area contributed by atoms with Crippen LogP contribution in [0.15, 0.2) is 4.52 Å². The van der Waals surface area contributed by atoms with Gasteiger partial charge in [-0.25, -0.2) is 0 Å². The van der Waals surface area contributed by atoms with Gasteiger partial charge in [0.2, 0.25) is 5.91 Å². The summed E-state index contributed by atoms with van der Waals surface area (Å²) in [5.74, 6) is 1.80. The second kappa shape index (κ2) is 7.16. The van der Waals surface area contributed by atoms with Crippen molar-refractivity contribution in [2.75, 3.05) is 0 Å². The van der Waals surface area contributed by atoms with Gasteiger partial charge in [-0.3, -0.25) is 4.79 Å². The number of carbonyl (C=O) groups is 1. The minimum Gasteiger partial charge on any atom is -0.361 e. The molecule has 4 nitrogen and oxygen atoms in total. The molecule has 20 heavy (non-hydrogen) atoms. The van der Waals surface area contributed by atoms with Crippen LogP contribution >= 0.6 is 11.8 Å². The average molecular weight is 296 g/mol. The molecule has 0 saturated heterocycles. The Kier molecular flexibility index (Phi) is 5.52. The van der Waals surface area contributed by atoms with Gasteiger partial charge in [0.1, 0.15) is 5.76 Å². The van der Waals surface area contributed by atoms with Crippen molar-refractivity contribution in [3.05, 3.63) is 17.0 Å². The summed E-state index contributed by atoms with van der Waals surface area (Å²) in [6.45, 7) is 5.84. The van der Waals surface area contributed by atoms with Gasteiger partial charge >= 0.3 is 0 Å². The molecule has 0 radical (unpaired) electrons. The Morgan fingerprint density at radius 2 is 2.10 bits per heavy atom. The second-order valence-electron chi connectivity index (χ2n) is 5.60. The number of carbonyl (C=O) groups excluding carboxylic acids is 1. The summed E-state index contributed by atoms with van der Waals surface area (Å²) >= 11 is 1.65. The molecule has 1 aliphatic carbocycles. The Bertz CT molecular complexity index is 433. The van der Waals surface area contributed by atoms with Crippen molar-refractivity contribution in [3.63, 3.8) is 0 Å². The fourth-order valence-corrected chi connectivity index (χ4v) is 3.61. The van der Waals surface area contributed by atoms with Crippen LogP contribution in [-0.2, 0) is 10.5 Å². The number of aryl methyl sites for hydroxylation is 2. The Balaban J connectivity index is 1.79. The first-order valence-corrected chi connectivity index (χ1v) is 8.46. The zero-order valence-corrected chi connectivity index (χ0v) is 13.4. The lowest BCUT2D eigenvalue weighted by Gasteiger charge is -2.24. The van der Waals surface area contributed by atoms with Crippen molar-refractivity contribution >= 4 is 17.7 Å². The molecular weight excluding hydrogens is 272 g/mol. The number of hydrogen-bond acceptors (Lipinski definition) is 4. The summed E-state index contributed by atoms with van der Waals surface area (Å²) in [5.41, 5.74) is 2.04. The van der Waals surface area contributed by atoms with Gasteiger partial charge in [-0.2, -0.15) is 0 Å². The number of thioether (sulfide) groups is 1. The molecule has 112 valence electrons. The topological polar surface area (TPSA) is 55.1 Å². The Morgan fingerprint density at radius 1 is 1.40 bits per heavy atom. The van der Waals surface area contributed by atoms with Crippen LogP contribution in [0.2, 0.25) is 0 Å². The first kappa shape index (κ1) is 15.4. The van der Waals surface area contributed by atoms with Crippen LogP contribution in [0.1, 0.15) is 56.0 Å². The number of nitrogens with zero attached hydrogens (tertiary/aromatic N) is 1. The summed E-state index contributed by atoms with van der Waals surface area (Å²) in [7, 11) is 0. The fraction of sp³-hybridized carbons (Fsp3) is 0.733. The second-order valence-corrected chi connectivity index (χ2v) is 6.93. The largest absolute Gasteiger partial charge is 0.361 e. The van der Waals surface area contributed by atoms with Crippen molar-refractivity contribution in [1.82, 2.24) is 10.5 Å². The molecule has 1 atom stereocenters. The Morgan fingerprint density at radius 3 is 2.70 bits per heavy atom. The maximum absolute atomic E-state index is 12.2. The Labute approximate surface area is 125 Å². The third-order valence-electron chi connectivity index (χ3n) is 3.98. The normalized spacial score (nSPS) is 17.9. The number of hydrogen-bond donors (Lipinski definition) is 1. The van der Waals surface area contributed by atoms with Crippen LogP contribution in [0.4, 0.5) is 0 Å². The molecule has 0 bridgehead atoms. The first-order valence-electron chi connectivity index (χ1n) is 7.41. The summed E-state index contributed by atoms with van der Waals surface area (Å²) < 4.78 is 5.15. The van der Waals surface area contributed by atoms with E-state index in [1.54, 1.807) is 11.8 Å². The van der Waals surface area contributed by atoms with Crippen molar-refractivity contribution in [1.29, 1.82) is 0 Å². The van der Waals surface area contributed by atoms with Gasteiger partial charge in [0.05, 0.1) is 10.9 Å². The molecule has 1 aromatic rings. The van der Waals surface area contributed by atoms with Gasteiger partial charge in [0.15, 0.2) is 0 Å². The van der Waals surface area contributed by atoms with E-state index in [-0.39, 0.29) is 11.2 Å². The highest BCUT2D eigenvalue weighted by atomic mass is 32.2. The van der Waals surface area contributed by atoms with Gasteiger partial charge < -0.3 is 9.84 Å². The standard InChI is InChI=1S/C15H24N2O2S/c1-10-14(11(2)19-17-10)9-20-12(3)15(18)16-13-7-5-4-6-8-13/h12-13H,4-9H2,1-3H3,(H,16,18). The summed E-state index contributed by atoms with van der Waals surface area (Å²) in [4.78, 5) is 12.2. The minimum absolute atomic E-state index is 0.0365. The molecule has 1 amide bonds. The average Bonchev–Trinajstić information content (AvgIpc) is 2.76. The predicted octanol–water partition coefficient (Wildman–Crippen LogP) is 3.36. The molecule has 1 aliphatic rings. The zero-order chi connectivity index (χ0) is 14.5. The summed E-state index contributed by atoms with van der Waals surface area (Å²) in [5, 5.41) is 7.09. The van der Waals surface area contributed by atoms with E-state index in [0.717, 1.165) is 35.6 Å². The fourth-order valence-electron chi connectivity index (χ4n) is 2.56. The molecular formula is C15H24N2O2S. The predicted molar refractivity (Wildman–Crippen MR) is 81.7 cm³/mol. The van der Waals surface area contributed by atoms with Gasteiger partial charge in [0, 0.05) is 17.4 Å². The molecule has 2 rings (SSSR count). The SMILES string of the molecule is Cc1noc(C)c1CSC(C)C(=O)NC1CCCCC1. The van der Waals surface area contributed by atoms with Crippen molar-refractivity contribution < 1.29 is 9.32 Å². The van der Waals surface area contributed by atoms with E-state index in [1.807, 2.05) is 20.8 Å². The van der Waals surface area contributed by atoms with Crippen LogP contribution in [0.3, 0.4) is 0 Å². The van der Waals surface area contributed by atoms with E-state index in [0.29, 0.717) is 6.04 Å². The third kappa shape index (κ3) is 4.01. The lowest BCUT2D eigenvalue weighted by molar-refractivity contribution is -0.121. The van der Waals surface area contributed by atoms with Gasteiger partial charge in [-0.1, -0.05) is 24.4 Å². The molecule has 1 saturated carbocycles. The molecule has 0 spiro atoms. The summed E-state index contributed by atoms with van der Waals surface area (Å²) in [6.07, 6.45) is 6.06. The monoisotopic (exact) mass is 296 g/mol. The molecule has 0 aliphatic heterocycles. The van der Waals surface area contributed by atoms with Crippen molar-refractivity contribution in [2.24, 2.45) is 0 Å². The highest BCUT2D eigenvalue weighted by Crippen LogP contribution is 2.23. The molecule has 5 heteroatoms. The molecule has 1 N–H and O–H groups in total. The van der Waals surface area contributed by atoms with Gasteiger partial charge in [0.25, 0.3) is 0 Å². The Hall–Kier alpha value is -0.970. The van der Waals surface area contributed by atoms with Crippen LogP contribution in [0, 0.1) is 13.8 Å². The zero-order valence-electron chi connectivity index (χ0n) is 12.6. The van der Waals surface area contributed by atoms with E-state index < -0.39 is 0 Å². The van der Waals surface area contributed by atoms with Crippen LogP contribution in [0.5, 0.6) is 0 Å². The van der Waals surface area contributed by atoms with Gasteiger partial charge in [-0.05, 0) is 33.6 Å². The quantitative estimate of drug-likeness (QED) is 0.905. The van der Waals surface area contributed by atoms with E-state index in [9.17, 15) is 4.79 Å². The molecule has 1 fully saturated rings. The molecule has 1 heterocycles. The number of aromatic nitrogens is 1. The summed E-state index contributed by atoms with van der Waals surface area (Å²) in [6, 6.07) is 0.387. The maximum atomic E-state index is 12.2. The highest BCUT2D eigenvalue weighted by molar-refractivity contribution is 7.99.